The van der Waals surface area contributed by atoms with Gasteiger partial charge in [-0.3, -0.25) is 4.99 Å². The fourth-order valence-electron chi connectivity index (χ4n) is 6.51. The van der Waals surface area contributed by atoms with Crippen LogP contribution in [0.2, 0.25) is 0 Å². The van der Waals surface area contributed by atoms with Gasteiger partial charge in [0.05, 0.1) is 12.3 Å². The zero-order valence-electron chi connectivity index (χ0n) is 35.9. The smallest absolute Gasteiger partial charge is 0.0653 e. The number of hydrogen-bond donors (Lipinski definition) is 0. The van der Waals surface area contributed by atoms with Crippen molar-refractivity contribution in [3.8, 4) is 0 Å². The van der Waals surface area contributed by atoms with E-state index < -0.39 is 0 Å². The molecule has 0 aliphatic heterocycles. The van der Waals surface area contributed by atoms with Crippen LogP contribution in [0.3, 0.4) is 0 Å². The van der Waals surface area contributed by atoms with Crippen molar-refractivity contribution in [3.05, 3.63) is 239 Å². The Hall–Kier alpha value is -5.79. The zero-order chi connectivity index (χ0) is 41.4. The van der Waals surface area contributed by atoms with Crippen LogP contribution in [-0.4, -0.2) is 5.71 Å². The number of benzene rings is 3. The minimum absolute atomic E-state index is 0.360. The first-order valence-corrected chi connectivity index (χ1v) is 20.4. The molecule has 0 fully saturated rings. The van der Waals surface area contributed by atoms with Crippen LogP contribution in [-0.2, 0) is 6.54 Å². The van der Waals surface area contributed by atoms with Crippen LogP contribution in [0.4, 0.5) is 0 Å². The van der Waals surface area contributed by atoms with Gasteiger partial charge in [-0.1, -0.05) is 190 Å². The Morgan fingerprint density at radius 3 is 2.00 bits per heavy atom. The molecular formula is C56H65N. The normalized spacial score (nSPS) is 15.1. The van der Waals surface area contributed by atoms with Gasteiger partial charge in [0.2, 0.25) is 0 Å². The number of hydrogen-bond acceptors (Lipinski definition) is 1. The largest absolute Gasteiger partial charge is 0.280 e. The lowest BCUT2D eigenvalue weighted by Gasteiger charge is -2.12. The molecule has 57 heavy (non-hydrogen) atoms. The van der Waals surface area contributed by atoms with Crippen molar-refractivity contribution < 1.29 is 0 Å². The number of allylic oxidation sites excluding steroid dienone is 22. The molecule has 0 aliphatic rings. The maximum Gasteiger partial charge on any atom is 0.0653 e. The predicted molar refractivity (Wildman–Crippen MR) is 255 cm³/mol. The molecule has 3 aromatic rings. The van der Waals surface area contributed by atoms with Crippen molar-refractivity contribution in [3.63, 3.8) is 0 Å². The third-order valence-electron chi connectivity index (χ3n) is 9.90. The second-order valence-electron chi connectivity index (χ2n) is 14.5. The van der Waals surface area contributed by atoms with Crippen molar-refractivity contribution in [1.29, 1.82) is 0 Å². The fourth-order valence-corrected chi connectivity index (χ4v) is 6.51. The number of nitrogens with zero attached hydrogens (tertiary/aromatic N) is 1. The molecule has 1 heteroatoms. The van der Waals surface area contributed by atoms with Gasteiger partial charge < -0.3 is 0 Å². The van der Waals surface area contributed by atoms with E-state index in [-0.39, 0.29) is 0 Å². The molecule has 1 nitrogen and oxygen atoms in total. The van der Waals surface area contributed by atoms with Crippen LogP contribution in [0.5, 0.6) is 0 Å². The second-order valence-corrected chi connectivity index (χ2v) is 14.5. The summed E-state index contributed by atoms with van der Waals surface area (Å²) in [6, 6.07) is 30.0. The molecule has 0 spiro atoms. The lowest BCUT2D eigenvalue weighted by Crippen LogP contribution is -2.00. The zero-order valence-corrected chi connectivity index (χ0v) is 35.9. The highest BCUT2D eigenvalue weighted by Crippen LogP contribution is 2.27. The van der Waals surface area contributed by atoms with Crippen LogP contribution in [0.25, 0.3) is 11.1 Å². The third kappa shape index (κ3) is 15.7. The van der Waals surface area contributed by atoms with Gasteiger partial charge in [0.25, 0.3) is 0 Å². The highest BCUT2D eigenvalue weighted by molar-refractivity contribution is 6.12. The first-order valence-electron chi connectivity index (χ1n) is 20.4. The maximum atomic E-state index is 5.13. The van der Waals surface area contributed by atoms with E-state index in [4.69, 9.17) is 4.99 Å². The summed E-state index contributed by atoms with van der Waals surface area (Å²) < 4.78 is 0. The van der Waals surface area contributed by atoms with Crippen molar-refractivity contribution >= 4 is 16.9 Å². The summed E-state index contributed by atoms with van der Waals surface area (Å²) in [5.41, 5.74) is 15.6. The van der Waals surface area contributed by atoms with Crippen LogP contribution in [0.1, 0.15) is 96.9 Å². The summed E-state index contributed by atoms with van der Waals surface area (Å²) in [7, 11) is 0. The molecule has 0 N–H and O–H groups in total. The summed E-state index contributed by atoms with van der Waals surface area (Å²) in [6.07, 6.45) is 33.1. The summed E-state index contributed by atoms with van der Waals surface area (Å²) in [5.74, 6) is 0.360. The van der Waals surface area contributed by atoms with E-state index in [2.05, 4.69) is 213 Å². The highest BCUT2D eigenvalue weighted by atomic mass is 14.7. The van der Waals surface area contributed by atoms with Crippen LogP contribution in [0, 0.1) is 5.92 Å². The number of aliphatic imine (C=N–C) groups is 1. The first kappa shape index (κ1) is 45.6. The van der Waals surface area contributed by atoms with E-state index >= 15 is 0 Å². The van der Waals surface area contributed by atoms with Crippen molar-refractivity contribution in [2.24, 2.45) is 10.9 Å². The maximum absolute atomic E-state index is 5.13. The summed E-state index contributed by atoms with van der Waals surface area (Å²) in [6.45, 7) is 25.9. The molecule has 0 amide bonds. The number of rotatable bonds is 20. The quantitative estimate of drug-likeness (QED) is 0.0805. The van der Waals surface area contributed by atoms with E-state index in [0.717, 1.165) is 30.5 Å². The summed E-state index contributed by atoms with van der Waals surface area (Å²) in [5, 5.41) is 0. The van der Waals surface area contributed by atoms with Crippen molar-refractivity contribution in [2.45, 2.75) is 81.2 Å². The molecule has 1 unspecified atom stereocenters. The van der Waals surface area contributed by atoms with E-state index in [1.807, 2.05) is 25.1 Å². The molecule has 0 radical (unpaired) electrons. The summed E-state index contributed by atoms with van der Waals surface area (Å²) in [4.78, 5) is 5.13. The van der Waals surface area contributed by atoms with Crippen molar-refractivity contribution in [1.82, 2.24) is 0 Å². The second kappa shape index (κ2) is 25.4. The van der Waals surface area contributed by atoms with E-state index in [0.29, 0.717) is 12.5 Å². The Morgan fingerprint density at radius 1 is 0.719 bits per heavy atom. The lowest BCUT2D eigenvalue weighted by atomic mass is 9.93. The van der Waals surface area contributed by atoms with Crippen LogP contribution in [0.15, 0.2) is 222 Å². The Bertz CT molecular complexity index is 2110. The molecule has 0 bridgehead atoms. The molecule has 0 aromatic heterocycles. The van der Waals surface area contributed by atoms with E-state index in [1.165, 1.54) is 61.3 Å². The first-order chi connectivity index (χ1) is 27.6. The van der Waals surface area contributed by atoms with Crippen molar-refractivity contribution in [2.75, 3.05) is 0 Å². The molecule has 1 atom stereocenters. The monoisotopic (exact) mass is 752 g/mol. The Morgan fingerprint density at radius 2 is 1.35 bits per heavy atom. The van der Waals surface area contributed by atoms with Gasteiger partial charge in [-0.25, -0.2) is 0 Å². The Kier molecular flexibility index (Phi) is 20.3. The third-order valence-corrected chi connectivity index (χ3v) is 9.90. The molecule has 0 heterocycles. The van der Waals surface area contributed by atoms with Gasteiger partial charge in [-0.15, -0.1) is 0 Å². The molecule has 3 aromatic carbocycles. The fraction of sp³-hybridized carbons (Fsp3) is 0.232. The van der Waals surface area contributed by atoms with Crippen LogP contribution >= 0.6 is 0 Å². The highest BCUT2D eigenvalue weighted by Gasteiger charge is 2.09. The standard InChI is InChI=1S/C56H65N/c1-11-25-50(45(8)13-3)37-38-51(36-35-44(7)39-43(6)27-22-23-28-47(10)55(26-12-2)46(9)14-4)54-34-24-33-53(40-54)49(15-5)41-56(52-31-20-17-21-32-52)57-42-48-29-18-16-19-30-48/h11-14,16-36,38,40-41,44H,3-4,15,37,39,42H2,1-2,5-10H3/b23-22-,25-11-,26-12-,36-35-,43-27+,47-28+,49-41+,50-45+,51-38+,55-46?,57-56+. The van der Waals surface area contributed by atoms with Gasteiger partial charge in [0.1, 0.15) is 0 Å². The topological polar surface area (TPSA) is 12.4 Å². The predicted octanol–water partition coefficient (Wildman–Crippen LogP) is 16.1. The van der Waals surface area contributed by atoms with Gasteiger partial charge >= 0.3 is 0 Å². The molecule has 0 aliphatic carbocycles. The molecule has 0 saturated carbocycles. The Labute approximate surface area is 346 Å². The van der Waals surface area contributed by atoms with Gasteiger partial charge in [-0.2, -0.15) is 0 Å². The molecular weight excluding hydrogens is 687 g/mol. The van der Waals surface area contributed by atoms with Gasteiger partial charge in [-0.05, 0) is 140 Å². The minimum Gasteiger partial charge on any atom is -0.280 e. The summed E-state index contributed by atoms with van der Waals surface area (Å²) >= 11 is 0. The molecule has 0 saturated heterocycles. The van der Waals surface area contributed by atoms with E-state index in [1.54, 1.807) is 0 Å². The van der Waals surface area contributed by atoms with E-state index in [9.17, 15) is 0 Å². The average Bonchev–Trinajstić information content (AvgIpc) is 3.24. The molecule has 3 rings (SSSR count). The lowest BCUT2D eigenvalue weighted by molar-refractivity contribution is 0.717. The van der Waals surface area contributed by atoms with Gasteiger partial charge in [0.15, 0.2) is 0 Å². The molecule has 294 valence electrons. The Balaban J connectivity index is 1.98. The van der Waals surface area contributed by atoms with Gasteiger partial charge in [0, 0.05) is 0 Å². The van der Waals surface area contributed by atoms with Crippen LogP contribution < -0.4 is 0 Å². The minimum atomic E-state index is 0.360. The average molecular weight is 752 g/mol. The SMILES string of the molecule is C=CC(C)=C(/C=C\C)/C(C)=C/C=C\C=C(/C)CC(C)/C=C\C(=C/CC(/C=C\C)=C(\C)C=C)c1cccc(/C(=C/C(=N\Cc2ccccc2)c2ccccc2)CC)c1.